The van der Waals surface area contributed by atoms with Gasteiger partial charge >= 0.3 is 0 Å². The molecule has 1 aromatic carbocycles. The number of para-hydroxylation sites is 1. The molecule has 0 bridgehead atoms. The molecule has 3 aromatic rings. The van der Waals surface area contributed by atoms with Crippen molar-refractivity contribution in [2.24, 2.45) is 0 Å². The first-order valence-corrected chi connectivity index (χ1v) is 10.7. The maximum atomic E-state index is 13.0. The number of rotatable bonds is 9. The van der Waals surface area contributed by atoms with Crippen molar-refractivity contribution >= 4 is 22.7 Å². The molecule has 28 heavy (non-hydrogen) atoms. The zero-order valence-electron chi connectivity index (χ0n) is 16.1. The van der Waals surface area contributed by atoms with Crippen LogP contribution in [0.5, 0.6) is 0 Å². The number of ether oxygens (including phenoxy) is 1. The normalized spacial score (nSPS) is 14.2. The first-order valence-electron chi connectivity index (χ1n) is 9.68. The van der Waals surface area contributed by atoms with Gasteiger partial charge in [0.05, 0.1) is 22.8 Å². The van der Waals surface area contributed by atoms with E-state index in [2.05, 4.69) is 10.1 Å². The number of nitrogens with zero attached hydrogens (tertiary/aromatic N) is 4. The first-order chi connectivity index (χ1) is 13.6. The van der Waals surface area contributed by atoms with E-state index >= 15 is 0 Å². The van der Waals surface area contributed by atoms with E-state index in [9.17, 15) is 4.79 Å². The number of hydrogen-bond donors (Lipinski definition) is 0. The fourth-order valence-corrected chi connectivity index (χ4v) is 3.82. The second-order valence-electron chi connectivity index (χ2n) is 7.25. The topological polar surface area (TPSA) is 83.0 Å². The van der Waals surface area contributed by atoms with E-state index in [0.29, 0.717) is 46.7 Å². The summed E-state index contributed by atoms with van der Waals surface area (Å²) in [5.41, 5.74) is 0.681. The van der Waals surface area contributed by atoms with Crippen LogP contribution in [-0.2, 0) is 17.0 Å². The van der Waals surface area contributed by atoms with Crippen LogP contribution in [0.4, 0.5) is 0 Å². The van der Waals surface area contributed by atoms with Crippen LogP contribution in [0.1, 0.15) is 50.7 Å². The Kier molecular flexibility index (Phi) is 5.77. The van der Waals surface area contributed by atoms with E-state index < -0.39 is 0 Å². The summed E-state index contributed by atoms with van der Waals surface area (Å²) in [6.07, 6.45) is 3.18. The van der Waals surface area contributed by atoms with Gasteiger partial charge in [0.2, 0.25) is 5.89 Å². The molecule has 0 amide bonds. The van der Waals surface area contributed by atoms with Crippen molar-refractivity contribution in [1.82, 2.24) is 19.7 Å². The zero-order valence-corrected chi connectivity index (χ0v) is 16.9. The third-order valence-corrected chi connectivity index (χ3v) is 5.52. The van der Waals surface area contributed by atoms with Gasteiger partial charge in [0.15, 0.2) is 11.0 Å². The molecule has 2 heterocycles. The van der Waals surface area contributed by atoms with Gasteiger partial charge in [0.25, 0.3) is 5.56 Å². The molecule has 1 aliphatic rings. The van der Waals surface area contributed by atoms with Crippen molar-refractivity contribution < 1.29 is 9.26 Å². The Morgan fingerprint density at radius 1 is 1.29 bits per heavy atom. The fraction of sp³-hybridized carbons (Fsp3) is 0.500. The molecule has 1 aliphatic carbocycles. The molecule has 0 saturated heterocycles. The lowest BCUT2D eigenvalue weighted by Gasteiger charge is -2.13. The Balaban J connectivity index is 1.54. The molecule has 0 unspecified atom stereocenters. The van der Waals surface area contributed by atoms with Gasteiger partial charge in [0, 0.05) is 19.1 Å². The highest BCUT2D eigenvalue weighted by Crippen LogP contribution is 2.39. The Morgan fingerprint density at radius 2 is 2.11 bits per heavy atom. The van der Waals surface area contributed by atoms with Gasteiger partial charge in [-0.1, -0.05) is 29.1 Å². The van der Waals surface area contributed by atoms with Crippen molar-refractivity contribution in [2.75, 3.05) is 6.61 Å². The minimum Gasteiger partial charge on any atom is -0.379 e. The van der Waals surface area contributed by atoms with Crippen molar-refractivity contribution in [3.63, 3.8) is 0 Å². The van der Waals surface area contributed by atoms with Gasteiger partial charge < -0.3 is 9.26 Å². The highest BCUT2D eigenvalue weighted by atomic mass is 32.2. The van der Waals surface area contributed by atoms with E-state index in [4.69, 9.17) is 14.2 Å². The molecule has 7 nitrogen and oxygen atoms in total. The first kappa shape index (κ1) is 19.1. The van der Waals surface area contributed by atoms with E-state index in [1.165, 1.54) is 11.8 Å². The summed E-state index contributed by atoms with van der Waals surface area (Å²) in [5, 5.41) is 5.36. The minimum atomic E-state index is -0.0237. The monoisotopic (exact) mass is 400 g/mol. The quantitative estimate of drug-likeness (QED) is 0.307. The molecule has 0 N–H and O–H groups in total. The van der Waals surface area contributed by atoms with Crippen molar-refractivity contribution in [2.45, 2.75) is 62.6 Å². The van der Waals surface area contributed by atoms with E-state index in [1.807, 2.05) is 38.1 Å². The summed E-state index contributed by atoms with van der Waals surface area (Å²) >= 11 is 1.46. The molecule has 0 aliphatic heterocycles. The second-order valence-corrected chi connectivity index (χ2v) is 8.20. The van der Waals surface area contributed by atoms with Crippen molar-refractivity contribution in [1.29, 1.82) is 0 Å². The number of aromatic nitrogens is 4. The van der Waals surface area contributed by atoms with Crippen LogP contribution in [0.15, 0.2) is 38.7 Å². The zero-order chi connectivity index (χ0) is 19.5. The third-order valence-electron chi connectivity index (χ3n) is 4.54. The number of hydrogen-bond acceptors (Lipinski definition) is 7. The molecule has 1 saturated carbocycles. The largest absolute Gasteiger partial charge is 0.379 e. The van der Waals surface area contributed by atoms with Gasteiger partial charge in [-0.05, 0) is 45.2 Å². The molecule has 4 rings (SSSR count). The maximum Gasteiger partial charge on any atom is 0.262 e. The number of thioether (sulfide) groups is 1. The maximum absolute atomic E-state index is 13.0. The van der Waals surface area contributed by atoms with Crippen LogP contribution >= 0.6 is 11.8 Å². The van der Waals surface area contributed by atoms with Gasteiger partial charge in [-0.15, -0.1) is 0 Å². The molecule has 148 valence electrons. The highest BCUT2D eigenvalue weighted by molar-refractivity contribution is 7.98. The molecule has 0 spiro atoms. The van der Waals surface area contributed by atoms with Crippen LogP contribution in [0, 0.1) is 0 Å². The lowest BCUT2D eigenvalue weighted by atomic mass is 10.2. The Morgan fingerprint density at radius 3 is 2.89 bits per heavy atom. The molecule has 0 atom stereocenters. The summed E-state index contributed by atoms with van der Waals surface area (Å²) < 4.78 is 12.7. The van der Waals surface area contributed by atoms with Gasteiger partial charge in [-0.2, -0.15) is 4.98 Å². The minimum absolute atomic E-state index is 0.0237. The second kappa shape index (κ2) is 8.45. The molecular weight excluding hydrogens is 376 g/mol. The molecular formula is C20H24N4O3S. The lowest BCUT2D eigenvalue weighted by Crippen LogP contribution is -2.24. The molecule has 1 fully saturated rings. The van der Waals surface area contributed by atoms with E-state index in [-0.39, 0.29) is 11.7 Å². The molecule has 2 aromatic heterocycles. The SMILES string of the molecule is CC(C)OCCCn1c(SCc2noc(C3CC3)n2)nc2ccccc2c1=O. The smallest absolute Gasteiger partial charge is 0.262 e. The number of benzene rings is 1. The van der Waals surface area contributed by atoms with Crippen LogP contribution in [-0.4, -0.2) is 32.4 Å². The third kappa shape index (κ3) is 4.44. The predicted molar refractivity (Wildman–Crippen MR) is 108 cm³/mol. The van der Waals surface area contributed by atoms with Crippen LogP contribution in [0.3, 0.4) is 0 Å². The van der Waals surface area contributed by atoms with Crippen LogP contribution in [0.2, 0.25) is 0 Å². The Bertz CT molecular complexity index is 1010. The number of fused-ring (bicyclic) bond motifs is 1. The predicted octanol–water partition coefficient (Wildman–Crippen LogP) is 3.76. The van der Waals surface area contributed by atoms with Crippen molar-refractivity contribution in [3.05, 3.63) is 46.3 Å². The Labute approximate surface area is 167 Å². The van der Waals surface area contributed by atoms with E-state index in [0.717, 1.165) is 25.2 Å². The van der Waals surface area contributed by atoms with Gasteiger partial charge in [-0.25, -0.2) is 4.98 Å². The summed E-state index contributed by atoms with van der Waals surface area (Å²) in [6.45, 7) is 5.18. The lowest BCUT2D eigenvalue weighted by molar-refractivity contribution is 0.0743. The average Bonchev–Trinajstić information content (AvgIpc) is 3.43. The summed E-state index contributed by atoms with van der Waals surface area (Å²) in [6, 6.07) is 7.45. The van der Waals surface area contributed by atoms with Crippen LogP contribution in [0.25, 0.3) is 10.9 Å². The average molecular weight is 401 g/mol. The van der Waals surface area contributed by atoms with Crippen molar-refractivity contribution in [3.8, 4) is 0 Å². The summed E-state index contributed by atoms with van der Waals surface area (Å²) in [5.74, 6) is 2.32. The highest BCUT2D eigenvalue weighted by Gasteiger charge is 2.29. The molecule has 8 heteroatoms. The fourth-order valence-electron chi connectivity index (χ4n) is 2.95. The standard InChI is InChI=1S/C20H24N4O3S/c1-13(2)26-11-5-10-24-19(25)15-6-3-4-7-16(15)21-20(24)28-12-17-22-18(27-23-17)14-8-9-14/h3-4,6-7,13-14H,5,8-12H2,1-2H3. The van der Waals surface area contributed by atoms with E-state index in [1.54, 1.807) is 4.57 Å². The Hall–Kier alpha value is -2.19. The van der Waals surface area contributed by atoms with Crippen LogP contribution < -0.4 is 5.56 Å². The van der Waals surface area contributed by atoms with Gasteiger partial charge in [-0.3, -0.25) is 9.36 Å². The summed E-state index contributed by atoms with van der Waals surface area (Å²) in [4.78, 5) is 22.2. The molecule has 0 radical (unpaired) electrons. The summed E-state index contributed by atoms with van der Waals surface area (Å²) in [7, 11) is 0. The van der Waals surface area contributed by atoms with Gasteiger partial charge in [0.1, 0.15) is 0 Å².